The number of para-hydroxylation sites is 1. The Morgan fingerprint density at radius 3 is 2.89 bits per heavy atom. The molecule has 1 aromatic carbocycles. The van der Waals surface area contributed by atoms with E-state index in [2.05, 4.69) is 23.1 Å². The molecular weight excluding hydrogens is 240 g/mol. The van der Waals surface area contributed by atoms with Gasteiger partial charge in [0.25, 0.3) is 0 Å². The van der Waals surface area contributed by atoms with E-state index in [1.165, 1.54) is 5.69 Å². The minimum atomic E-state index is -0.532. The van der Waals surface area contributed by atoms with Gasteiger partial charge in [-0.1, -0.05) is 18.2 Å². The van der Waals surface area contributed by atoms with Crippen LogP contribution in [0.5, 0.6) is 0 Å². The summed E-state index contributed by atoms with van der Waals surface area (Å²) in [6, 6.07) is 10.7. The van der Waals surface area contributed by atoms with Crippen molar-refractivity contribution in [3.8, 4) is 6.07 Å². The SMILES string of the molecule is CC1(C)O[C@@H]2[C@@H]3[C@H](C#N)c4ccccc4N3C[C@@H]2O1. The van der Waals surface area contributed by atoms with Gasteiger partial charge in [0.05, 0.1) is 18.0 Å². The van der Waals surface area contributed by atoms with Crippen LogP contribution in [0.3, 0.4) is 0 Å². The Hall–Kier alpha value is -1.57. The minimum absolute atomic E-state index is 0.00736. The average Bonchev–Trinajstić information content (AvgIpc) is 2.94. The molecule has 0 bridgehead atoms. The molecular formula is C15H16N2O2. The Labute approximate surface area is 112 Å². The second kappa shape index (κ2) is 3.50. The van der Waals surface area contributed by atoms with Crippen LogP contribution in [0.1, 0.15) is 25.3 Å². The van der Waals surface area contributed by atoms with Crippen molar-refractivity contribution in [3.63, 3.8) is 0 Å². The third-order valence-electron chi connectivity index (χ3n) is 4.36. The van der Waals surface area contributed by atoms with Gasteiger partial charge in [-0.25, -0.2) is 0 Å². The van der Waals surface area contributed by atoms with Crippen molar-refractivity contribution >= 4 is 5.69 Å². The molecule has 3 aliphatic rings. The van der Waals surface area contributed by atoms with Crippen LogP contribution in [0.4, 0.5) is 5.69 Å². The number of nitriles is 1. The van der Waals surface area contributed by atoms with Crippen molar-refractivity contribution in [2.24, 2.45) is 0 Å². The van der Waals surface area contributed by atoms with Crippen molar-refractivity contribution < 1.29 is 9.47 Å². The maximum Gasteiger partial charge on any atom is 0.163 e. The summed E-state index contributed by atoms with van der Waals surface area (Å²) >= 11 is 0. The van der Waals surface area contributed by atoms with Gasteiger partial charge < -0.3 is 14.4 Å². The van der Waals surface area contributed by atoms with Gasteiger partial charge in [-0.3, -0.25) is 0 Å². The van der Waals surface area contributed by atoms with Crippen LogP contribution in [-0.2, 0) is 9.47 Å². The highest BCUT2D eigenvalue weighted by Crippen LogP contribution is 2.50. The molecule has 4 rings (SSSR count). The summed E-state index contributed by atoms with van der Waals surface area (Å²) < 4.78 is 12.0. The Morgan fingerprint density at radius 1 is 1.32 bits per heavy atom. The van der Waals surface area contributed by atoms with Gasteiger partial charge in [-0.2, -0.15) is 5.26 Å². The molecule has 3 heterocycles. The highest BCUT2D eigenvalue weighted by molar-refractivity contribution is 5.65. The molecule has 2 fully saturated rings. The largest absolute Gasteiger partial charge is 0.361 e. The van der Waals surface area contributed by atoms with Crippen LogP contribution in [0.25, 0.3) is 0 Å². The summed E-state index contributed by atoms with van der Waals surface area (Å²) in [5, 5.41) is 9.54. The molecule has 4 atom stereocenters. The number of ether oxygens (including phenoxy) is 2. The molecule has 0 unspecified atom stereocenters. The van der Waals surface area contributed by atoms with E-state index in [1.54, 1.807) is 0 Å². The summed E-state index contributed by atoms with van der Waals surface area (Å²) in [4.78, 5) is 2.29. The monoisotopic (exact) mass is 256 g/mol. The fourth-order valence-electron chi connectivity index (χ4n) is 3.76. The average molecular weight is 256 g/mol. The smallest absolute Gasteiger partial charge is 0.163 e. The van der Waals surface area contributed by atoms with E-state index in [0.717, 1.165) is 12.1 Å². The number of benzene rings is 1. The van der Waals surface area contributed by atoms with E-state index in [-0.39, 0.29) is 24.2 Å². The molecule has 0 spiro atoms. The van der Waals surface area contributed by atoms with Crippen LogP contribution in [0.2, 0.25) is 0 Å². The van der Waals surface area contributed by atoms with Crippen molar-refractivity contribution in [1.82, 2.24) is 0 Å². The molecule has 19 heavy (non-hydrogen) atoms. The Morgan fingerprint density at radius 2 is 2.11 bits per heavy atom. The number of hydrogen-bond donors (Lipinski definition) is 0. The number of anilines is 1. The zero-order chi connectivity index (χ0) is 13.2. The number of rotatable bonds is 0. The highest BCUT2D eigenvalue weighted by atomic mass is 16.8. The lowest BCUT2D eigenvalue weighted by Gasteiger charge is -2.26. The Kier molecular flexibility index (Phi) is 2.08. The van der Waals surface area contributed by atoms with Gasteiger partial charge in [0.2, 0.25) is 0 Å². The second-order valence-electron chi connectivity index (χ2n) is 5.95. The number of hydrogen-bond acceptors (Lipinski definition) is 4. The maximum absolute atomic E-state index is 9.54. The number of fused-ring (bicyclic) bond motifs is 5. The van der Waals surface area contributed by atoms with Crippen molar-refractivity contribution in [1.29, 1.82) is 5.26 Å². The van der Waals surface area contributed by atoms with Gasteiger partial charge in [-0.05, 0) is 25.5 Å². The predicted molar refractivity (Wildman–Crippen MR) is 69.8 cm³/mol. The molecule has 0 amide bonds. The van der Waals surface area contributed by atoms with E-state index in [1.807, 2.05) is 26.0 Å². The van der Waals surface area contributed by atoms with E-state index in [9.17, 15) is 5.26 Å². The molecule has 0 radical (unpaired) electrons. The molecule has 3 aliphatic heterocycles. The van der Waals surface area contributed by atoms with Gasteiger partial charge in [0.15, 0.2) is 5.79 Å². The van der Waals surface area contributed by atoms with Gasteiger partial charge in [0, 0.05) is 12.2 Å². The zero-order valence-corrected chi connectivity index (χ0v) is 11.0. The van der Waals surface area contributed by atoms with E-state index >= 15 is 0 Å². The lowest BCUT2D eigenvalue weighted by atomic mass is 9.92. The van der Waals surface area contributed by atoms with Crippen LogP contribution in [0, 0.1) is 11.3 Å². The standard InChI is InChI=1S/C15H16N2O2/c1-15(2)18-12-8-17-11-6-4-3-5-9(11)10(7-16)13(17)14(12)19-15/h3-6,10,12-14H,8H2,1-2H3/t10-,12+,13+,14+/m1/s1. The normalized spacial score (nSPS) is 37.6. The fourth-order valence-corrected chi connectivity index (χ4v) is 3.76. The van der Waals surface area contributed by atoms with Crippen molar-refractivity contribution in [3.05, 3.63) is 29.8 Å². The first-order valence-corrected chi connectivity index (χ1v) is 6.71. The van der Waals surface area contributed by atoms with Crippen molar-refractivity contribution in [2.75, 3.05) is 11.4 Å². The molecule has 1 aromatic rings. The predicted octanol–water partition coefficient (Wildman–Crippen LogP) is 2.02. The van der Waals surface area contributed by atoms with Gasteiger partial charge in [0.1, 0.15) is 12.2 Å². The third kappa shape index (κ3) is 1.40. The van der Waals surface area contributed by atoms with Crippen LogP contribution < -0.4 is 4.90 Å². The summed E-state index contributed by atoms with van der Waals surface area (Å²) in [6.07, 6.45) is 0.0660. The first kappa shape index (κ1) is 11.3. The summed E-state index contributed by atoms with van der Waals surface area (Å²) in [5.74, 6) is -0.653. The highest BCUT2D eigenvalue weighted by Gasteiger charge is 2.58. The molecule has 98 valence electrons. The maximum atomic E-state index is 9.54. The van der Waals surface area contributed by atoms with Crippen LogP contribution >= 0.6 is 0 Å². The fraction of sp³-hybridized carbons (Fsp3) is 0.533. The van der Waals surface area contributed by atoms with Crippen LogP contribution in [0.15, 0.2) is 24.3 Å². The lowest BCUT2D eigenvalue weighted by Crippen LogP contribution is -2.38. The van der Waals surface area contributed by atoms with E-state index < -0.39 is 5.79 Å². The first-order valence-electron chi connectivity index (χ1n) is 6.71. The molecule has 2 saturated heterocycles. The van der Waals surface area contributed by atoms with E-state index in [0.29, 0.717) is 0 Å². The van der Waals surface area contributed by atoms with E-state index in [4.69, 9.17) is 9.47 Å². The molecule has 4 nitrogen and oxygen atoms in total. The lowest BCUT2D eigenvalue weighted by molar-refractivity contribution is -0.150. The summed E-state index contributed by atoms with van der Waals surface area (Å²) in [5.41, 5.74) is 2.29. The summed E-state index contributed by atoms with van der Waals surface area (Å²) in [6.45, 7) is 4.70. The quantitative estimate of drug-likeness (QED) is 0.712. The zero-order valence-electron chi connectivity index (χ0n) is 11.0. The second-order valence-corrected chi connectivity index (χ2v) is 5.95. The third-order valence-corrected chi connectivity index (χ3v) is 4.36. The molecule has 0 aliphatic carbocycles. The Bertz CT molecular complexity index is 578. The van der Waals surface area contributed by atoms with Gasteiger partial charge >= 0.3 is 0 Å². The Balaban J connectivity index is 1.77. The molecule has 0 N–H and O–H groups in total. The minimum Gasteiger partial charge on any atom is -0.361 e. The van der Waals surface area contributed by atoms with Crippen LogP contribution in [-0.4, -0.2) is 30.6 Å². The number of nitrogens with zero attached hydrogens (tertiary/aromatic N) is 2. The first-order chi connectivity index (χ1) is 9.11. The topological polar surface area (TPSA) is 45.5 Å². The van der Waals surface area contributed by atoms with Gasteiger partial charge in [-0.15, -0.1) is 0 Å². The van der Waals surface area contributed by atoms with Crippen molar-refractivity contribution in [2.45, 2.75) is 43.8 Å². The summed E-state index contributed by atoms with van der Waals surface area (Å²) in [7, 11) is 0. The molecule has 4 heteroatoms. The molecule has 0 aromatic heterocycles. The molecule has 0 saturated carbocycles.